The maximum atomic E-state index is 14.7. The molecule has 4 atom stereocenters. The van der Waals surface area contributed by atoms with Crippen LogP contribution in [-0.2, 0) is 0 Å². The SMILES string of the molecule is CCCC1CCC2CC(c3cc4ccccc4cc3F)CCC2C1. The Balaban J connectivity index is 1.52. The molecule has 0 aliphatic heterocycles. The van der Waals surface area contributed by atoms with E-state index in [-0.39, 0.29) is 5.82 Å². The van der Waals surface area contributed by atoms with Gasteiger partial charge in [0, 0.05) is 0 Å². The third kappa shape index (κ3) is 3.10. The molecule has 0 spiro atoms. The van der Waals surface area contributed by atoms with E-state index in [1.54, 1.807) is 6.07 Å². The second-order valence-electron chi connectivity index (χ2n) is 8.22. The average Bonchev–Trinajstić information content (AvgIpc) is 2.61. The zero-order valence-corrected chi connectivity index (χ0v) is 14.8. The van der Waals surface area contributed by atoms with Crippen LogP contribution in [0.25, 0.3) is 10.8 Å². The van der Waals surface area contributed by atoms with Gasteiger partial charge in [-0.2, -0.15) is 0 Å². The van der Waals surface area contributed by atoms with E-state index >= 15 is 0 Å². The molecular weight excluding hydrogens is 295 g/mol. The average molecular weight is 324 g/mol. The van der Waals surface area contributed by atoms with Gasteiger partial charge in [-0.05, 0) is 84.2 Å². The first-order valence-corrected chi connectivity index (χ1v) is 9.92. The molecule has 24 heavy (non-hydrogen) atoms. The van der Waals surface area contributed by atoms with Crippen LogP contribution < -0.4 is 0 Å². The highest BCUT2D eigenvalue weighted by atomic mass is 19.1. The van der Waals surface area contributed by atoms with Crippen LogP contribution in [0.15, 0.2) is 36.4 Å². The van der Waals surface area contributed by atoms with Crippen molar-refractivity contribution in [2.24, 2.45) is 17.8 Å². The van der Waals surface area contributed by atoms with E-state index in [0.717, 1.165) is 28.7 Å². The minimum absolute atomic E-state index is 0.0109. The summed E-state index contributed by atoms with van der Waals surface area (Å²) in [7, 11) is 0. The van der Waals surface area contributed by atoms with Crippen LogP contribution in [0.5, 0.6) is 0 Å². The highest BCUT2D eigenvalue weighted by Gasteiger charge is 2.36. The van der Waals surface area contributed by atoms with E-state index in [2.05, 4.69) is 25.1 Å². The molecule has 4 unspecified atom stereocenters. The third-order valence-corrected chi connectivity index (χ3v) is 6.72. The first-order chi connectivity index (χ1) is 11.7. The fraction of sp³-hybridized carbons (Fsp3) is 0.565. The van der Waals surface area contributed by atoms with Crippen LogP contribution in [0.1, 0.15) is 69.8 Å². The highest BCUT2D eigenvalue weighted by molar-refractivity contribution is 5.83. The Morgan fingerprint density at radius 1 is 0.917 bits per heavy atom. The molecule has 2 fully saturated rings. The Kier molecular flexibility index (Phi) is 4.61. The molecule has 0 saturated heterocycles. The van der Waals surface area contributed by atoms with Crippen molar-refractivity contribution >= 4 is 10.8 Å². The van der Waals surface area contributed by atoms with Gasteiger partial charge in [0.15, 0.2) is 0 Å². The molecule has 0 heterocycles. The van der Waals surface area contributed by atoms with Gasteiger partial charge in [-0.1, -0.05) is 50.5 Å². The Hall–Kier alpha value is -1.37. The topological polar surface area (TPSA) is 0 Å². The van der Waals surface area contributed by atoms with Crippen molar-refractivity contribution < 1.29 is 4.39 Å². The molecule has 2 aliphatic rings. The van der Waals surface area contributed by atoms with Gasteiger partial charge in [0.05, 0.1) is 0 Å². The summed E-state index contributed by atoms with van der Waals surface area (Å²) in [4.78, 5) is 0. The first-order valence-electron chi connectivity index (χ1n) is 9.92. The largest absolute Gasteiger partial charge is 0.207 e. The first kappa shape index (κ1) is 16.1. The predicted octanol–water partition coefficient (Wildman–Crippen LogP) is 7.08. The number of hydrogen-bond acceptors (Lipinski definition) is 0. The van der Waals surface area contributed by atoms with Gasteiger partial charge < -0.3 is 0 Å². The number of fused-ring (bicyclic) bond motifs is 2. The fourth-order valence-electron chi connectivity index (χ4n) is 5.48. The van der Waals surface area contributed by atoms with Gasteiger partial charge in [-0.3, -0.25) is 0 Å². The van der Waals surface area contributed by atoms with E-state index in [9.17, 15) is 4.39 Å². The summed E-state index contributed by atoms with van der Waals surface area (Å²) in [6, 6.07) is 12.0. The molecule has 2 aromatic carbocycles. The molecule has 0 radical (unpaired) electrons. The summed E-state index contributed by atoms with van der Waals surface area (Å²) in [5.74, 6) is 3.15. The quantitative estimate of drug-likeness (QED) is 0.566. The smallest absolute Gasteiger partial charge is 0.127 e. The van der Waals surface area contributed by atoms with E-state index in [4.69, 9.17) is 0 Å². The van der Waals surface area contributed by atoms with Crippen LogP contribution in [0.2, 0.25) is 0 Å². The van der Waals surface area contributed by atoms with E-state index < -0.39 is 0 Å². The predicted molar refractivity (Wildman–Crippen MR) is 99.7 cm³/mol. The molecule has 1 heteroatoms. The van der Waals surface area contributed by atoms with Gasteiger partial charge in [0.1, 0.15) is 5.82 Å². The van der Waals surface area contributed by atoms with Crippen molar-refractivity contribution in [3.8, 4) is 0 Å². The summed E-state index contributed by atoms with van der Waals surface area (Å²) in [6.07, 6.45) is 10.6. The second-order valence-corrected chi connectivity index (χ2v) is 8.22. The highest BCUT2D eigenvalue weighted by Crippen LogP contribution is 2.48. The van der Waals surface area contributed by atoms with Crippen LogP contribution in [-0.4, -0.2) is 0 Å². The standard InChI is InChI=1S/C23H29F/c1-2-5-16-8-9-20-13-21(11-10-19(20)12-16)22-14-17-6-3-4-7-18(17)15-23(22)24/h3-4,6-7,14-16,19-21H,2,5,8-13H2,1H3. The van der Waals surface area contributed by atoms with Crippen molar-refractivity contribution in [3.05, 3.63) is 47.8 Å². The van der Waals surface area contributed by atoms with Crippen LogP contribution >= 0.6 is 0 Å². The van der Waals surface area contributed by atoms with Gasteiger partial charge in [0.2, 0.25) is 0 Å². The monoisotopic (exact) mass is 324 g/mol. The lowest BCUT2D eigenvalue weighted by Crippen LogP contribution is -2.30. The molecule has 2 aromatic rings. The van der Waals surface area contributed by atoms with Crippen molar-refractivity contribution in [2.45, 2.75) is 64.2 Å². The molecule has 2 aliphatic carbocycles. The van der Waals surface area contributed by atoms with Gasteiger partial charge in [-0.25, -0.2) is 4.39 Å². The van der Waals surface area contributed by atoms with Crippen molar-refractivity contribution in [1.82, 2.24) is 0 Å². The molecule has 0 nitrogen and oxygen atoms in total. The zero-order valence-electron chi connectivity index (χ0n) is 14.8. The molecule has 2 saturated carbocycles. The molecule has 0 amide bonds. The van der Waals surface area contributed by atoms with Crippen molar-refractivity contribution in [3.63, 3.8) is 0 Å². The maximum absolute atomic E-state index is 14.7. The zero-order chi connectivity index (χ0) is 16.5. The lowest BCUT2D eigenvalue weighted by Gasteiger charge is -2.42. The Morgan fingerprint density at radius 3 is 2.42 bits per heavy atom. The maximum Gasteiger partial charge on any atom is 0.127 e. The van der Waals surface area contributed by atoms with Crippen LogP contribution in [0, 0.1) is 23.6 Å². The van der Waals surface area contributed by atoms with Crippen LogP contribution in [0.3, 0.4) is 0 Å². The minimum atomic E-state index is 0.0109. The van der Waals surface area contributed by atoms with Crippen LogP contribution in [0.4, 0.5) is 4.39 Å². The van der Waals surface area contributed by atoms with E-state index in [1.807, 2.05) is 12.1 Å². The number of benzene rings is 2. The molecule has 0 bridgehead atoms. The molecule has 4 rings (SSSR count). The van der Waals surface area contributed by atoms with Crippen molar-refractivity contribution in [2.75, 3.05) is 0 Å². The minimum Gasteiger partial charge on any atom is -0.207 e. The van der Waals surface area contributed by atoms with Gasteiger partial charge in [0.25, 0.3) is 0 Å². The fourth-order valence-corrected chi connectivity index (χ4v) is 5.48. The lowest BCUT2D eigenvalue weighted by atomic mass is 9.63. The summed E-state index contributed by atoms with van der Waals surface area (Å²) >= 11 is 0. The number of hydrogen-bond donors (Lipinski definition) is 0. The molecular formula is C23H29F. The Morgan fingerprint density at radius 2 is 1.62 bits per heavy atom. The second kappa shape index (κ2) is 6.86. The summed E-state index contributed by atoms with van der Waals surface area (Å²) in [6.45, 7) is 2.31. The van der Waals surface area contributed by atoms with E-state index in [1.165, 1.54) is 56.8 Å². The Labute approximate surface area is 145 Å². The van der Waals surface area contributed by atoms with Crippen molar-refractivity contribution in [1.29, 1.82) is 0 Å². The number of halogens is 1. The third-order valence-electron chi connectivity index (χ3n) is 6.72. The molecule has 0 aromatic heterocycles. The van der Waals surface area contributed by atoms with E-state index in [0.29, 0.717) is 5.92 Å². The summed E-state index contributed by atoms with van der Waals surface area (Å²) in [5, 5.41) is 2.20. The molecule has 128 valence electrons. The normalized spacial score (nSPS) is 30.2. The number of rotatable bonds is 3. The Bertz CT molecular complexity index is 704. The summed E-state index contributed by atoms with van der Waals surface area (Å²) in [5.41, 5.74) is 0.975. The van der Waals surface area contributed by atoms with Gasteiger partial charge >= 0.3 is 0 Å². The van der Waals surface area contributed by atoms with Gasteiger partial charge in [-0.15, -0.1) is 0 Å². The molecule has 0 N–H and O–H groups in total. The lowest BCUT2D eigenvalue weighted by molar-refractivity contribution is 0.113. The summed E-state index contributed by atoms with van der Waals surface area (Å²) < 4.78 is 14.7.